The molecule has 0 aromatic heterocycles. The predicted molar refractivity (Wildman–Crippen MR) is 72.4 cm³/mol. The topological polar surface area (TPSA) is 72.2 Å². The lowest BCUT2D eigenvalue weighted by atomic mass is 10.2. The normalized spacial score (nSPS) is 10.2. The zero-order chi connectivity index (χ0) is 15.6. The van der Waals surface area contributed by atoms with Crippen molar-refractivity contribution in [3.63, 3.8) is 0 Å². The van der Waals surface area contributed by atoms with Gasteiger partial charge >= 0.3 is 0 Å². The van der Waals surface area contributed by atoms with Crippen molar-refractivity contribution in [1.29, 1.82) is 0 Å². The van der Waals surface area contributed by atoms with Gasteiger partial charge in [0.2, 0.25) is 0 Å². The van der Waals surface area contributed by atoms with Gasteiger partial charge in [-0.3, -0.25) is 14.9 Å². The lowest BCUT2D eigenvalue weighted by Gasteiger charge is -2.07. The van der Waals surface area contributed by atoms with Crippen LogP contribution in [0.1, 0.15) is 10.4 Å². The molecule has 0 spiro atoms. The number of rotatable bonds is 3. The van der Waals surface area contributed by atoms with E-state index in [-0.39, 0.29) is 22.0 Å². The van der Waals surface area contributed by atoms with Crippen LogP contribution in [0.25, 0.3) is 0 Å². The molecular formula is C13H7ClF2N2O3. The number of anilines is 1. The van der Waals surface area contributed by atoms with Crippen molar-refractivity contribution >= 4 is 28.9 Å². The third-order valence-electron chi connectivity index (χ3n) is 2.53. The first kappa shape index (κ1) is 14.9. The Morgan fingerprint density at radius 1 is 1.14 bits per heavy atom. The van der Waals surface area contributed by atoms with E-state index in [1.807, 2.05) is 0 Å². The molecule has 0 aliphatic heterocycles. The Balaban J connectivity index is 2.26. The Hall–Kier alpha value is -2.54. The molecule has 0 aliphatic carbocycles. The van der Waals surface area contributed by atoms with Gasteiger partial charge in [0.15, 0.2) is 0 Å². The Kier molecular flexibility index (Phi) is 4.13. The van der Waals surface area contributed by atoms with Gasteiger partial charge in [-0.1, -0.05) is 11.6 Å². The van der Waals surface area contributed by atoms with E-state index in [0.717, 1.165) is 30.3 Å². The highest BCUT2D eigenvalue weighted by Crippen LogP contribution is 2.23. The lowest BCUT2D eigenvalue weighted by Crippen LogP contribution is -2.13. The molecule has 0 unspecified atom stereocenters. The van der Waals surface area contributed by atoms with Crippen molar-refractivity contribution in [1.82, 2.24) is 0 Å². The van der Waals surface area contributed by atoms with Crippen molar-refractivity contribution in [2.45, 2.75) is 0 Å². The van der Waals surface area contributed by atoms with Gasteiger partial charge < -0.3 is 5.32 Å². The molecule has 2 rings (SSSR count). The SMILES string of the molecule is O=C(Nc1cc(F)cc(F)c1)c1ccc([N+](=O)[O-])cc1Cl. The minimum atomic E-state index is -0.847. The van der Waals surface area contributed by atoms with Crippen molar-refractivity contribution in [3.05, 3.63) is 68.7 Å². The third-order valence-corrected chi connectivity index (χ3v) is 2.84. The zero-order valence-electron chi connectivity index (χ0n) is 10.3. The second-order valence-electron chi connectivity index (χ2n) is 4.03. The Bertz CT molecular complexity index is 717. The Morgan fingerprint density at radius 2 is 1.76 bits per heavy atom. The summed E-state index contributed by atoms with van der Waals surface area (Å²) < 4.78 is 26.0. The predicted octanol–water partition coefficient (Wildman–Crippen LogP) is 3.78. The number of hydrogen-bond acceptors (Lipinski definition) is 3. The fraction of sp³-hybridized carbons (Fsp3) is 0. The number of halogens is 3. The minimum Gasteiger partial charge on any atom is -0.322 e. The van der Waals surface area contributed by atoms with Gasteiger partial charge in [0.1, 0.15) is 11.6 Å². The van der Waals surface area contributed by atoms with Crippen LogP contribution in [0.3, 0.4) is 0 Å². The molecule has 108 valence electrons. The summed E-state index contributed by atoms with van der Waals surface area (Å²) in [5.41, 5.74) is -0.410. The Labute approximate surface area is 122 Å². The van der Waals surface area contributed by atoms with Crippen LogP contribution < -0.4 is 5.32 Å². The van der Waals surface area contributed by atoms with Crippen molar-refractivity contribution in [2.75, 3.05) is 5.32 Å². The smallest absolute Gasteiger partial charge is 0.270 e. The summed E-state index contributed by atoms with van der Waals surface area (Å²) in [6.45, 7) is 0. The van der Waals surface area contributed by atoms with Crippen LogP contribution in [0.4, 0.5) is 20.2 Å². The van der Waals surface area contributed by atoms with Crippen LogP contribution in [0.2, 0.25) is 5.02 Å². The van der Waals surface area contributed by atoms with Crippen LogP contribution in [-0.4, -0.2) is 10.8 Å². The number of carbonyl (C=O) groups is 1. The van der Waals surface area contributed by atoms with Gasteiger partial charge in [-0.2, -0.15) is 0 Å². The number of benzene rings is 2. The van der Waals surface area contributed by atoms with E-state index in [2.05, 4.69) is 5.32 Å². The highest BCUT2D eigenvalue weighted by molar-refractivity contribution is 6.34. The summed E-state index contributed by atoms with van der Waals surface area (Å²) in [7, 11) is 0. The summed E-state index contributed by atoms with van der Waals surface area (Å²) in [6.07, 6.45) is 0. The maximum Gasteiger partial charge on any atom is 0.270 e. The van der Waals surface area contributed by atoms with Gasteiger partial charge in [-0.25, -0.2) is 8.78 Å². The van der Waals surface area contributed by atoms with E-state index in [1.165, 1.54) is 0 Å². The number of nitrogens with zero attached hydrogens (tertiary/aromatic N) is 1. The number of non-ortho nitro benzene ring substituents is 1. The molecule has 0 atom stereocenters. The number of nitrogens with one attached hydrogen (secondary N) is 1. The minimum absolute atomic E-state index is 0.0491. The van der Waals surface area contributed by atoms with Gasteiger partial charge in [-0.15, -0.1) is 0 Å². The molecule has 2 aromatic rings. The quantitative estimate of drug-likeness (QED) is 0.692. The van der Waals surface area contributed by atoms with Gasteiger partial charge in [0, 0.05) is 23.9 Å². The molecule has 0 aliphatic rings. The second kappa shape index (κ2) is 5.84. The monoisotopic (exact) mass is 312 g/mol. The van der Waals surface area contributed by atoms with Gasteiger partial charge in [0.25, 0.3) is 11.6 Å². The maximum atomic E-state index is 13.0. The van der Waals surface area contributed by atoms with Gasteiger partial charge in [0.05, 0.1) is 15.5 Å². The molecule has 0 fully saturated rings. The first-order chi connectivity index (χ1) is 9.86. The number of hydrogen-bond donors (Lipinski definition) is 1. The molecule has 0 bridgehead atoms. The molecular weight excluding hydrogens is 306 g/mol. The average molecular weight is 313 g/mol. The molecule has 0 saturated carbocycles. The van der Waals surface area contributed by atoms with E-state index in [4.69, 9.17) is 11.6 Å². The summed E-state index contributed by atoms with van der Waals surface area (Å²) in [6, 6.07) is 5.80. The number of nitro groups is 1. The molecule has 0 heterocycles. The number of nitro benzene ring substituents is 1. The number of carbonyl (C=O) groups excluding carboxylic acids is 1. The van der Waals surface area contributed by atoms with Crippen LogP contribution in [0.15, 0.2) is 36.4 Å². The molecule has 0 saturated heterocycles. The van der Waals surface area contributed by atoms with Crippen molar-refractivity contribution in [3.8, 4) is 0 Å². The summed E-state index contributed by atoms with van der Waals surface area (Å²) in [5, 5.41) is 12.7. The first-order valence-electron chi connectivity index (χ1n) is 5.58. The van der Waals surface area contributed by atoms with Crippen LogP contribution in [-0.2, 0) is 0 Å². The summed E-state index contributed by atoms with van der Waals surface area (Å²) >= 11 is 5.78. The molecule has 1 N–H and O–H groups in total. The third kappa shape index (κ3) is 3.51. The number of amides is 1. The highest BCUT2D eigenvalue weighted by atomic mass is 35.5. The summed E-state index contributed by atoms with van der Waals surface area (Å²) in [4.78, 5) is 21.8. The maximum absolute atomic E-state index is 13.0. The highest BCUT2D eigenvalue weighted by Gasteiger charge is 2.15. The molecule has 5 nitrogen and oxygen atoms in total. The Morgan fingerprint density at radius 3 is 2.29 bits per heavy atom. The first-order valence-corrected chi connectivity index (χ1v) is 5.96. The van der Waals surface area contributed by atoms with E-state index in [1.54, 1.807) is 0 Å². The van der Waals surface area contributed by atoms with E-state index in [0.29, 0.717) is 6.07 Å². The molecule has 1 amide bonds. The van der Waals surface area contributed by atoms with Crippen LogP contribution in [0.5, 0.6) is 0 Å². The molecule has 2 aromatic carbocycles. The molecule has 21 heavy (non-hydrogen) atoms. The van der Waals surface area contributed by atoms with Crippen molar-refractivity contribution < 1.29 is 18.5 Å². The van der Waals surface area contributed by atoms with Crippen LogP contribution in [0, 0.1) is 21.7 Å². The van der Waals surface area contributed by atoms with Crippen LogP contribution >= 0.6 is 11.6 Å². The molecule has 8 heteroatoms. The fourth-order valence-electron chi connectivity index (χ4n) is 1.63. The zero-order valence-corrected chi connectivity index (χ0v) is 11.0. The summed E-state index contributed by atoms with van der Waals surface area (Å²) in [5.74, 6) is -2.43. The average Bonchev–Trinajstić information content (AvgIpc) is 2.36. The van der Waals surface area contributed by atoms with E-state index in [9.17, 15) is 23.7 Å². The van der Waals surface area contributed by atoms with E-state index >= 15 is 0 Å². The largest absolute Gasteiger partial charge is 0.322 e. The molecule has 0 radical (unpaired) electrons. The van der Waals surface area contributed by atoms with Gasteiger partial charge in [-0.05, 0) is 18.2 Å². The van der Waals surface area contributed by atoms with E-state index < -0.39 is 22.5 Å². The van der Waals surface area contributed by atoms with Crippen molar-refractivity contribution in [2.24, 2.45) is 0 Å². The lowest BCUT2D eigenvalue weighted by molar-refractivity contribution is -0.384. The standard InChI is InChI=1S/C13H7ClF2N2O3/c14-12-6-10(18(20)21)1-2-11(12)13(19)17-9-4-7(15)3-8(16)5-9/h1-6H,(H,17,19). The second-order valence-corrected chi connectivity index (χ2v) is 4.44. The fourth-order valence-corrected chi connectivity index (χ4v) is 1.89.